The summed E-state index contributed by atoms with van der Waals surface area (Å²) in [6.45, 7) is 5.01. The first-order valence-corrected chi connectivity index (χ1v) is 5.08. The van der Waals surface area contributed by atoms with Crippen molar-refractivity contribution in [2.75, 3.05) is 5.32 Å². The maximum Gasteiger partial charge on any atom is 0.291 e. The van der Waals surface area contributed by atoms with Gasteiger partial charge in [-0.15, -0.1) is 0 Å². The van der Waals surface area contributed by atoms with Crippen molar-refractivity contribution >= 4 is 17.4 Å². The number of ketones is 1. The maximum atomic E-state index is 11.2. The molecule has 0 saturated heterocycles. The van der Waals surface area contributed by atoms with Gasteiger partial charge in [-0.2, -0.15) is 0 Å². The molecule has 1 amide bonds. The van der Waals surface area contributed by atoms with Crippen LogP contribution in [0.25, 0.3) is 0 Å². The Morgan fingerprint density at radius 2 is 1.88 bits per heavy atom. The van der Waals surface area contributed by atoms with Gasteiger partial charge in [-0.1, -0.05) is 12.1 Å². The summed E-state index contributed by atoms with van der Waals surface area (Å²) in [6, 6.07) is 7.01. The molecule has 0 atom stereocenters. The summed E-state index contributed by atoms with van der Waals surface area (Å²) < 4.78 is 5.50. The number of rotatable bonds is 4. The lowest BCUT2D eigenvalue weighted by Gasteiger charge is -2.14. The number of benzene rings is 1. The van der Waals surface area contributed by atoms with Crippen LogP contribution in [0.3, 0.4) is 0 Å². The second-order valence-corrected chi connectivity index (χ2v) is 3.67. The van der Waals surface area contributed by atoms with Crippen LogP contribution in [0.1, 0.15) is 20.8 Å². The molecule has 1 N–H and O–H groups in total. The number of anilines is 1. The first kappa shape index (κ1) is 12.2. The average Bonchev–Trinajstić information content (AvgIpc) is 2.20. The van der Waals surface area contributed by atoms with E-state index >= 15 is 0 Å². The van der Waals surface area contributed by atoms with Crippen molar-refractivity contribution in [3.63, 3.8) is 0 Å². The molecule has 86 valence electrons. The SMILES string of the molecule is CC(=O)C(=O)Nc1ccccc1OC(C)C. The number of Topliss-reactive ketones (excluding diaryl/α,β-unsaturated/α-hetero) is 1. The van der Waals surface area contributed by atoms with Gasteiger partial charge in [-0.25, -0.2) is 0 Å². The number of hydrogen-bond acceptors (Lipinski definition) is 3. The lowest BCUT2D eigenvalue weighted by atomic mass is 10.2. The molecular weight excluding hydrogens is 206 g/mol. The van der Waals surface area contributed by atoms with Gasteiger partial charge in [0.1, 0.15) is 5.75 Å². The normalized spacial score (nSPS) is 10.0. The Balaban J connectivity index is 2.86. The van der Waals surface area contributed by atoms with Crippen LogP contribution < -0.4 is 10.1 Å². The zero-order chi connectivity index (χ0) is 12.1. The van der Waals surface area contributed by atoms with Gasteiger partial charge in [-0.05, 0) is 26.0 Å². The second kappa shape index (κ2) is 5.30. The molecule has 0 saturated carbocycles. The third kappa shape index (κ3) is 3.38. The highest BCUT2D eigenvalue weighted by Crippen LogP contribution is 2.24. The summed E-state index contributed by atoms with van der Waals surface area (Å²) in [5.41, 5.74) is 0.511. The van der Waals surface area contributed by atoms with E-state index in [-0.39, 0.29) is 6.10 Å². The first-order chi connectivity index (χ1) is 7.50. The molecule has 4 heteroatoms. The molecule has 0 heterocycles. The van der Waals surface area contributed by atoms with Crippen LogP contribution >= 0.6 is 0 Å². The van der Waals surface area contributed by atoms with Gasteiger partial charge in [0, 0.05) is 6.92 Å². The number of hydrogen-bond donors (Lipinski definition) is 1. The standard InChI is InChI=1S/C12H15NO3/c1-8(2)16-11-7-5-4-6-10(11)13-12(15)9(3)14/h4-8H,1-3H3,(H,13,15). The van der Waals surface area contributed by atoms with E-state index in [4.69, 9.17) is 4.74 Å². The number of nitrogens with one attached hydrogen (secondary N) is 1. The van der Waals surface area contributed by atoms with Crippen LogP contribution in [-0.2, 0) is 9.59 Å². The molecule has 0 radical (unpaired) electrons. The molecule has 0 unspecified atom stereocenters. The number of carbonyl (C=O) groups excluding carboxylic acids is 2. The fraction of sp³-hybridized carbons (Fsp3) is 0.333. The minimum atomic E-state index is -0.639. The second-order valence-electron chi connectivity index (χ2n) is 3.67. The van der Waals surface area contributed by atoms with Crippen LogP contribution in [0, 0.1) is 0 Å². The van der Waals surface area contributed by atoms with Crippen molar-refractivity contribution in [3.8, 4) is 5.75 Å². The van der Waals surface area contributed by atoms with Crippen molar-refractivity contribution < 1.29 is 14.3 Å². The Labute approximate surface area is 94.6 Å². The molecule has 4 nitrogen and oxygen atoms in total. The van der Waals surface area contributed by atoms with Crippen molar-refractivity contribution in [3.05, 3.63) is 24.3 Å². The Hall–Kier alpha value is -1.84. The summed E-state index contributed by atoms with van der Waals surface area (Å²) in [4.78, 5) is 22.1. The van der Waals surface area contributed by atoms with E-state index in [0.29, 0.717) is 11.4 Å². The molecular formula is C12H15NO3. The molecule has 0 aromatic heterocycles. The van der Waals surface area contributed by atoms with Gasteiger partial charge in [0.25, 0.3) is 5.91 Å². The van der Waals surface area contributed by atoms with E-state index in [1.807, 2.05) is 13.8 Å². The van der Waals surface area contributed by atoms with Crippen LogP contribution in [-0.4, -0.2) is 17.8 Å². The largest absolute Gasteiger partial charge is 0.489 e. The Morgan fingerprint density at radius 3 is 2.44 bits per heavy atom. The van der Waals surface area contributed by atoms with Gasteiger partial charge < -0.3 is 10.1 Å². The fourth-order valence-corrected chi connectivity index (χ4v) is 1.14. The quantitative estimate of drug-likeness (QED) is 0.791. The zero-order valence-corrected chi connectivity index (χ0v) is 9.61. The van der Waals surface area contributed by atoms with E-state index in [0.717, 1.165) is 0 Å². The predicted molar refractivity (Wildman–Crippen MR) is 61.5 cm³/mol. The number of carbonyl (C=O) groups is 2. The van der Waals surface area contributed by atoms with E-state index in [1.54, 1.807) is 24.3 Å². The first-order valence-electron chi connectivity index (χ1n) is 5.08. The molecule has 0 aliphatic carbocycles. The topological polar surface area (TPSA) is 55.4 Å². The van der Waals surface area contributed by atoms with Gasteiger partial charge in [0.15, 0.2) is 0 Å². The smallest absolute Gasteiger partial charge is 0.291 e. The third-order valence-corrected chi connectivity index (χ3v) is 1.82. The van der Waals surface area contributed by atoms with Crippen molar-refractivity contribution in [2.45, 2.75) is 26.9 Å². The van der Waals surface area contributed by atoms with E-state index in [9.17, 15) is 9.59 Å². The average molecular weight is 221 g/mol. The highest BCUT2D eigenvalue weighted by molar-refractivity contribution is 6.39. The summed E-state index contributed by atoms with van der Waals surface area (Å²) in [6.07, 6.45) is 0.00961. The Kier molecular flexibility index (Phi) is 4.05. The number of ether oxygens (including phenoxy) is 1. The lowest BCUT2D eigenvalue weighted by Crippen LogP contribution is -2.20. The van der Waals surface area contributed by atoms with Gasteiger partial charge in [0.05, 0.1) is 11.8 Å². The lowest BCUT2D eigenvalue weighted by molar-refractivity contribution is -0.133. The molecule has 0 spiro atoms. The van der Waals surface area contributed by atoms with Crippen molar-refractivity contribution in [1.82, 2.24) is 0 Å². The number of amides is 1. The Bertz CT molecular complexity index is 399. The molecule has 1 aromatic rings. The van der Waals surface area contributed by atoms with Crippen molar-refractivity contribution in [1.29, 1.82) is 0 Å². The van der Waals surface area contributed by atoms with E-state index < -0.39 is 11.7 Å². The molecule has 0 aliphatic heterocycles. The molecule has 16 heavy (non-hydrogen) atoms. The monoisotopic (exact) mass is 221 g/mol. The van der Waals surface area contributed by atoms with Crippen LogP contribution in [0.2, 0.25) is 0 Å². The van der Waals surface area contributed by atoms with Crippen LogP contribution in [0.15, 0.2) is 24.3 Å². The fourth-order valence-electron chi connectivity index (χ4n) is 1.14. The highest BCUT2D eigenvalue weighted by Gasteiger charge is 2.11. The van der Waals surface area contributed by atoms with Gasteiger partial charge >= 0.3 is 0 Å². The molecule has 1 aromatic carbocycles. The van der Waals surface area contributed by atoms with Gasteiger partial charge in [-0.3, -0.25) is 9.59 Å². The van der Waals surface area contributed by atoms with Crippen LogP contribution in [0.5, 0.6) is 5.75 Å². The summed E-state index contributed by atoms with van der Waals surface area (Å²) in [7, 11) is 0. The third-order valence-electron chi connectivity index (χ3n) is 1.82. The minimum absolute atomic E-state index is 0.00961. The van der Waals surface area contributed by atoms with E-state index in [1.165, 1.54) is 6.92 Å². The Morgan fingerprint density at radius 1 is 1.25 bits per heavy atom. The van der Waals surface area contributed by atoms with Crippen LogP contribution in [0.4, 0.5) is 5.69 Å². The zero-order valence-electron chi connectivity index (χ0n) is 9.61. The molecule has 0 aliphatic rings. The summed E-state index contributed by atoms with van der Waals surface area (Å²) in [5, 5.41) is 2.50. The minimum Gasteiger partial charge on any atom is -0.489 e. The highest BCUT2D eigenvalue weighted by atomic mass is 16.5. The van der Waals surface area contributed by atoms with Gasteiger partial charge in [0.2, 0.25) is 5.78 Å². The maximum absolute atomic E-state index is 11.2. The number of para-hydroxylation sites is 2. The van der Waals surface area contributed by atoms with E-state index in [2.05, 4.69) is 5.32 Å². The molecule has 0 fully saturated rings. The van der Waals surface area contributed by atoms with Crippen molar-refractivity contribution in [2.24, 2.45) is 0 Å². The summed E-state index contributed by atoms with van der Waals surface area (Å²) >= 11 is 0. The summed E-state index contributed by atoms with van der Waals surface area (Å²) in [5.74, 6) is -0.605. The molecule has 1 rings (SSSR count). The predicted octanol–water partition coefficient (Wildman–Crippen LogP) is 2.00. The molecule has 0 bridgehead atoms.